The second-order valence-corrected chi connectivity index (χ2v) is 9.24. The van der Waals surface area contributed by atoms with E-state index >= 15 is 0 Å². The van der Waals surface area contributed by atoms with E-state index in [1.807, 2.05) is 65.1 Å². The summed E-state index contributed by atoms with van der Waals surface area (Å²) in [5.74, 6) is -0.183. The Bertz CT molecular complexity index is 1260. The van der Waals surface area contributed by atoms with Gasteiger partial charge in [0.25, 0.3) is 5.91 Å². The van der Waals surface area contributed by atoms with Crippen molar-refractivity contribution in [1.82, 2.24) is 10.3 Å². The number of nitrogens with one attached hydrogen (secondary N) is 3. The molecule has 0 aliphatic rings. The number of aryl methyl sites for hydroxylation is 1. The average Bonchev–Trinajstić information content (AvgIpc) is 3.27. The number of halogens is 1. The molecule has 0 unspecified atom stereocenters. The Labute approximate surface area is 215 Å². The molecule has 1 aromatic heterocycles. The van der Waals surface area contributed by atoms with E-state index in [1.54, 1.807) is 12.1 Å². The van der Waals surface area contributed by atoms with E-state index in [0.29, 0.717) is 29.2 Å². The van der Waals surface area contributed by atoms with Crippen molar-refractivity contribution in [2.45, 2.75) is 27.7 Å². The lowest BCUT2D eigenvalue weighted by Gasteiger charge is -2.10. The molecule has 0 fully saturated rings. The van der Waals surface area contributed by atoms with Crippen LogP contribution >= 0.6 is 22.9 Å². The van der Waals surface area contributed by atoms with Crippen molar-refractivity contribution in [2.24, 2.45) is 0 Å². The Kier molecular flexibility index (Phi) is 10.7. The van der Waals surface area contributed by atoms with Gasteiger partial charge in [-0.25, -0.2) is 4.98 Å². The molecule has 1 heterocycles. The largest absolute Gasteiger partial charge is 0.365 e. The summed E-state index contributed by atoms with van der Waals surface area (Å²) in [5, 5.41) is 9.83. The van der Waals surface area contributed by atoms with Crippen LogP contribution < -0.4 is 16.0 Å². The first-order valence-electron chi connectivity index (χ1n) is 11.0. The predicted molar refractivity (Wildman–Crippen MR) is 150 cm³/mol. The highest BCUT2D eigenvalue weighted by atomic mass is 35.5. The molecule has 3 rings (SSSR count). The van der Waals surface area contributed by atoms with E-state index < -0.39 is 0 Å². The Hall–Kier alpha value is -3.42. The molecule has 0 saturated carbocycles. The zero-order valence-corrected chi connectivity index (χ0v) is 22.2. The number of hydrogen-bond acceptors (Lipinski definition) is 5. The molecule has 35 heavy (non-hydrogen) atoms. The standard InChI is InChI=1S/C16H14ClN3OS.C11H17NO/c1-9-4-3-5-11(17)14(9)20-15(21)10-6-7-12-13(8-10)22-16(18-2)19-12;1-5-9(2)6-10(3)11(4)7-12-8-13/h3-8H,1-2H3,(H,18,19)(H,20,21);5-6,8H,4,7H2,1-3H3,(H,12,13)/b;9-5-,10-6-. The number of allylic oxidation sites excluding steroid dienone is 3. The van der Waals surface area contributed by atoms with Gasteiger partial charge in [0.2, 0.25) is 6.41 Å². The second-order valence-electron chi connectivity index (χ2n) is 7.80. The number of rotatable bonds is 8. The molecule has 0 radical (unpaired) electrons. The minimum atomic E-state index is -0.183. The molecule has 8 heteroatoms. The van der Waals surface area contributed by atoms with Crippen LogP contribution in [0.3, 0.4) is 0 Å². The molecule has 0 bridgehead atoms. The van der Waals surface area contributed by atoms with Crippen molar-refractivity contribution >= 4 is 56.3 Å². The highest BCUT2D eigenvalue weighted by Gasteiger charge is 2.12. The van der Waals surface area contributed by atoms with Gasteiger partial charge in [-0.05, 0) is 68.7 Å². The van der Waals surface area contributed by atoms with Crippen molar-refractivity contribution in [3.63, 3.8) is 0 Å². The fourth-order valence-electron chi connectivity index (χ4n) is 2.98. The summed E-state index contributed by atoms with van der Waals surface area (Å²) in [7, 11) is 1.82. The molecule has 6 nitrogen and oxygen atoms in total. The van der Waals surface area contributed by atoms with Crippen molar-refractivity contribution in [3.05, 3.63) is 88.0 Å². The molecule has 3 aromatic rings. The molecule has 0 aliphatic carbocycles. The van der Waals surface area contributed by atoms with Gasteiger partial charge < -0.3 is 16.0 Å². The molecule has 3 N–H and O–H groups in total. The number of carbonyl (C=O) groups is 2. The minimum absolute atomic E-state index is 0.183. The quantitative estimate of drug-likeness (QED) is 0.231. The van der Waals surface area contributed by atoms with E-state index in [2.05, 4.69) is 33.6 Å². The topological polar surface area (TPSA) is 83.1 Å². The Morgan fingerprint density at radius 3 is 2.60 bits per heavy atom. The van der Waals surface area contributed by atoms with Gasteiger partial charge in [0.05, 0.1) is 20.9 Å². The first-order chi connectivity index (χ1) is 16.7. The van der Waals surface area contributed by atoms with Crippen LogP contribution in [-0.4, -0.2) is 30.9 Å². The number of carbonyl (C=O) groups excluding carboxylic acids is 2. The SMILES string of the molecule is C=C(CNC=O)/C(C)=C\C(C)=C/C.CNc1nc2ccc(C(=O)Nc3c(C)cccc3Cl)cc2s1. The third-order valence-corrected chi connectivity index (χ3v) is 6.53. The Morgan fingerprint density at radius 1 is 1.23 bits per heavy atom. The van der Waals surface area contributed by atoms with Gasteiger partial charge in [0, 0.05) is 19.2 Å². The van der Waals surface area contributed by atoms with Gasteiger partial charge in [0.1, 0.15) is 0 Å². The van der Waals surface area contributed by atoms with Crippen molar-refractivity contribution in [3.8, 4) is 0 Å². The molecular formula is C27H31ClN4O2S. The van der Waals surface area contributed by atoms with E-state index in [-0.39, 0.29) is 5.91 Å². The number of anilines is 2. The lowest BCUT2D eigenvalue weighted by Crippen LogP contribution is -2.14. The zero-order valence-electron chi connectivity index (χ0n) is 20.7. The molecule has 0 spiro atoms. The molecule has 2 amide bonds. The molecule has 2 aromatic carbocycles. The van der Waals surface area contributed by atoms with E-state index in [0.717, 1.165) is 32.1 Å². The molecular weight excluding hydrogens is 480 g/mol. The van der Waals surface area contributed by atoms with Crippen molar-refractivity contribution < 1.29 is 9.59 Å². The van der Waals surface area contributed by atoms with E-state index in [9.17, 15) is 9.59 Å². The normalized spacial score (nSPS) is 11.4. The Morgan fingerprint density at radius 2 is 1.97 bits per heavy atom. The van der Waals surface area contributed by atoms with Crippen LogP contribution in [0.2, 0.25) is 5.02 Å². The molecule has 0 aliphatic heterocycles. The summed E-state index contributed by atoms with van der Waals surface area (Å²) in [6, 6.07) is 11.0. The van der Waals surface area contributed by atoms with Crippen LogP contribution in [-0.2, 0) is 4.79 Å². The minimum Gasteiger partial charge on any atom is -0.365 e. The number of para-hydroxylation sites is 1. The smallest absolute Gasteiger partial charge is 0.255 e. The fraction of sp³-hybridized carbons (Fsp3) is 0.222. The summed E-state index contributed by atoms with van der Waals surface area (Å²) in [6.07, 6.45) is 4.76. The van der Waals surface area contributed by atoms with E-state index in [4.69, 9.17) is 11.6 Å². The zero-order chi connectivity index (χ0) is 26.0. The summed E-state index contributed by atoms with van der Waals surface area (Å²) >= 11 is 7.66. The van der Waals surface area contributed by atoms with Crippen LogP contribution in [0.1, 0.15) is 36.7 Å². The number of benzene rings is 2. The van der Waals surface area contributed by atoms with Crippen LogP contribution in [0.5, 0.6) is 0 Å². The summed E-state index contributed by atoms with van der Waals surface area (Å²) in [4.78, 5) is 26.9. The van der Waals surface area contributed by atoms with Crippen molar-refractivity contribution in [1.29, 1.82) is 0 Å². The molecule has 0 atom stereocenters. The van der Waals surface area contributed by atoms with Gasteiger partial charge in [-0.2, -0.15) is 0 Å². The number of amides is 2. The lowest BCUT2D eigenvalue weighted by atomic mass is 10.1. The Balaban J connectivity index is 0.000000287. The molecule has 0 saturated heterocycles. The van der Waals surface area contributed by atoms with Crippen LogP contribution in [0.4, 0.5) is 10.8 Å². The number of aromatic nitrogens is 1. The maximum absolute atomic E-state index is 12.4. The number of thiazole rings is 1. The van der Waals surface area contributed by atoms with E-state index in [1.165, 1.54) is 16.9 Å². The second kappa shape index (κ2) is 13.5. The summed E-state index contributed by atoms with van der Waals surface area (Å²) in [6.45, 7) is 12.3. The highest BCUT2D eigenvalue weighted by Crippen LogP contribution is 2.28. The van der Waals surface area contributed by atoms with Gasteiger partial charge in [0.15, 0.2) is 5.13 Å². The summed E-state index contributed by atoms with van der Waals surface area (Å²) < 4.78 is 0.966. The lowest BCUT2D eigenvalue weighted by molar-refractivity contribution is -0.109. The van der Waals surface area contributed by atoms with Crippen LogP contribution in [0.15, 0.2) is 71.8 Å². The van der Waals surface area contributed by atoms with Gasteiger partial charge in [-0.15, -0.1) is 0 Å². The third-order valence-electron chi connectivity index (χ3n) is 5.18. The van der Waals surface area contributed by atoms with Gasteiger partial charge in [-0.1, -0.05) is 59.4 Å². The van der Waals surface area contributed by atoms with Crippen LogP contribution in [0.25, 0.3) is 10.2 Å². The first-order valence-corrected chi connectivity index (χ1v) is 12.2. The maximum Gasteiger partial charge on any atom is 0.255 e. The third kappa shape index (κ3) is 8.09. The average molecular weight is 511 g/mol. The number of nitrogens with zero attached hydrogens (tertiary/aromatic N) is 1. The van der Waals surface area contributed by atoms with Crippen molar-refractivity contribution in [2.75, 3.05) is 24.2 Å². The number of hydrogen-bond donors (Lipinski definition) is 3. The summed E-state index contributed by atoms with van der Waals surface area (Å²) in [5.41, 5.74) is 6.27. The number of fused-ring (bicyclic) bond motifs is 1. The first kappa shape index (κ1) is 27.8. The monoisotopic (exact) mass is 510 g/mol. The molecule has 184 valence electrons. The maximum atomic E-state index is 12.4. The predicted octanol–water partition coefficient (Wildman–Crippen LogP) is 6.75. The van der Waals surface area contributed by atoms with Gasteiger partial charge in [-0.3, -0.25) is 9.59 Å². The van der Waals surface area contributed by atoms with Gasteiger partial charge >= 0.3 is 0 Å². The highest BCUT2D eigenvalue weighted by molar-refractivity contribution is 7.22. The van der Waals surface area contributed by atoms with Crippen LogP contribution in [0, 0.1) is 6.92 Å². The fourth-order valence-corrected chi connectivity index (χ4v) is 4.11.